The van der Waals surface area contributed by atoms with E-state index in [4.69, 9.17) is 27.9 Å². The molecule has 1 saturated heterocycles. The van der Waals surface area contributed by atoms with E-state index in [1.54, 1.807) is 23.1 Å². The van der Waals surface area contributed by atoms with Gasteiger partial charge in [-0.1, -0.05) is 47.5 Å². The second-order valence-electron chi connectivity index (χ2n) is 6.12. The maximum Gasteiger partial charge on any atom is 0.249 e. The first-order valence-electron chi connectivity index (χ1n) is 8.06. The Kier molecular flexibility index (Phi) is 5.64. The largest absolute Gasteiger partial charge is 0.394 e. The zero-order valence-corrected chi connectivity index (χ0v) is 15.2. The predicted molar refractivity (Wildman–Crippen MR) is 97.7 cm³/mol. The Morgan fingerprint density at radius 1 is 1.16 bits per heavy atom. The van der Waals surface area contributed by atoms with E-state index in [0.717, 1.165) is 11.1 Å². The van der Waals surface area contributed by atoms with E-state index in [9.17, 15) is 9.90 Å². The lowest BCUT2D eigenvalue weighted by atomic mass is 9.91. The number of hydrogen-bond acceptors (Lipinski definition) is 3. The summed E-state index contributed by atoms with van der Waals surface area (Å²) in [6.45, 7) is 1.66. The van der Waals surface area contributed by atoms with Crippen molar-refractivity contribution in [1.29, 1.82) is 0 Å². The first-order valence-corrected chi connectivity index (χ1v) is 8.81. The molecule has 2 aromatic rings. The monoisotopic (exact) mass is 379 g/mol. The fourth-order valence-corrected chi connectivity index (χ4v) is 3.52. The summed E-state index contributed by atoms with van der Waals surface area (Å²) in [6, 6.07) is 14.0. The molecule has 0 spiro atoms. The van der Waals surface area contributed by atoms with Gasteiger partial charge < -0.3 is 14.7 Å². The predicted octanol–water partition coefficient (Wildman–Crippen LogP) is 4.02. The number of ether oxygens (including phenoxy) is 1. The molecule has 1 N–H and O–H groups in total. The van der Waals surface area contributed by atoms with Crippen LogP contribution in [0.25, 0.3) is 0 Å². The van der Waals surface area contributed by atoms with Crippen LogP contribution in [0.3, 0.4) is 0 Å². The Bertz CT molecular complexity index is 751. The van der Waals surface area contributed by atoms with Gasteiger partial charge in [-0.05, 0) is 42.3 Å². The summed E-state index contributed by atoms with van der Waals surface area (Å²) in [6.07, 6.45) is -0.383. The summed E-state index contributed by atoms with van der Waals surface area (Å²) in [5, 5.41) is 10.9. The summed E-state index contributed by atoms with van der Waals surface area (Å²) in [7, 11) is 0. The van der Waals surface area contributed by atoms with Crippen LogP contribution < -0.4 is 0 Å². The molecule has 0 saturated carbocycles. The molecule has 1 unspecified atom stereocenters. The van der Waals surface area contributed by atoms with E-state index in [0.29, 0.717) is 10.0 Å². The van der Waals surface area contributed by atoms with Crippen molar-refractivity contribution in [2.45, 2.75) is 25.1 Å². The van der Waals surface area contributed by atoms with Crippen LogP contribution in [0, 0.1) is 0 Å². The molecule has 132 valence electrons. The zero-order chi connectivity index (χ0) is 18.0. The highest BCUT2D eigenvalue weighted by molar-refractivity contribution is 6.30. The second kappa shape index (κ2) is 7.75. The minimum atomic E-state index is -0.383. The fraction of sp³-hybridized carbons (Fsp3) is 0.316. The highest BCUT2D eigenvalue weighted by Crippen LogP contribution is 2.41. The van der Waals surface area contributed by atoms with Gasteiger partial charge in [-0.2, -0.15) is 0 Å². The van der Waals surface area contributed by atoms with E-state index >= 15 is 0 Å². The molecule has 1 heterocycles. The molecule has 0 bridgehead atoms. The van der Waals surface area contributed by atoms with Crippen LogP contribution >= 0.6 is 23.2 Å². The Hall–Kier alpha value is -1.59. The smallest absolute Gasteiger partial charge is 0.249 e. The average molecular weight is 380 g/mol. The van der Waals surface area contributed by atoms with Gasteiger partial charge in [-0.15, -0.1) is 0 Å². The lowest BCUT2D eigenvalue weighted by Gasteiger charge is -2.44. The Balaban J connectivity index is 2.08. The minimum Gasteiger partial charge on any atom is -0.394 e. The molecule has 3 rings (SSSR count). The number of morpholine rings is 1. The van der Waals surface area contributed by atoms with Crippen LogP contribution in [0.5, 0.6) is 0 Å². The number of nitrogens with zero attached hydrogens (tertiary/aromatic N) is 1. The van der Waals surface area contributed by atoms with Gasteiger partial charge in [0.1, 0.15) is 12.7 Å². The van der Waals surface area contributed by atoms with Gasteiger partial charge in [0.2, 0.25) is 5.91 Å². The maximum atomic E-state index is 12.5. The third kappa shape index (κ3) is 3.82. The van der Waals surface area contributed by atoms with Crippen molar-refractivity contribution in [3.63, 3.8) is 0 Å². The van der Waals surface area contributed by atoms with Crippen LogP contribution in [-0.4, -0.2) is 35.2 Å². The first-order chi connectivity index (χ1) is 12.0. The third-order valence-corrected chi connectivity index (χ3v) is 4.88. The van der Waals surface area contributed by atoms with Gasteiger partial charge in [0.25, 0.3) is 0 Å². The molecule has 1 aliphatic rings. The van der Waals surface area contributed by atoms with Crippen molar-refractivity contribution in [3.05, 3.63) is 69.7 Å². The van der Waals surface area contributed by atoms with Crippen LogP contribution in [0.1, 0.15) is 30.2 Å². The molecule has 3 atom stereocenters. The number of carbonyl (C=O) groups excluding carboxylic acids is 1. The standard InChI is InChI=1S/C19H19Cl2NO3/c1-12(10-23)22-17(24)11-25-19(14-3-2-4-16(21)9-14)18(22)13-5-7-15(20)8-6-13/h2-9,12,18-19,23H,10-11H2,1H3/t12-,18-,19?/m1/s1. The van der Waals surface area contributed by atoms with Gasteiger partial charge in [-0.3, -0.25) is 4.79 Å². The number of aliphatic hydroxyl groups is 1. The zero-order valence-electron chi connectivity index (χ0n) is 13.7. The van der Waals surface area contributed by atoms with Crippen LogP contribution in [0.15, 0.2) is 48.5 Å². The fourth-order valence-electron chi connectivity index (χ4n) is 3.19. The van der Waals surface area contributed by atoms with Gasteiger partial charge >= 0.3 is 0 Å². The number of hydrogen-bond donors (Lipinski definition) is 1. The maximum absolute atomic E-state index is 12.5. The summed E-state index contributed by atoms with van der Waals surface area (Å²) in [5.74, 6) is -0.153. The van der Waals surface area contributed by atoms with Gasteiger partial charge in [0.05, 0.1) is 18.7 Å². The molecule has 1 aliphatic heterocycles. The molecule has 0 aliphatic carbocycles. The van der Waals surface area contributed by atoms with Crippen molar-refractivity contribution in [1.82, 2.24) is 4.90 Å². The quantitative estimate of drug-likeness (QED) is 0.872. The number of rotatable bonds is 4. The van der Waals surface area contributed by atoms with Crippen molar-refractivity contribution < 1.29 is 14.6 Å². The molecular formula is C19H19Cl2NO3. The number of carbonyl (C=O) groups is 1. The molecule has 1 amide bonds. The van der Waals surface area contributed by atoms with Crippen LogP contribution in [0.4, 0.5) is 0 Å². The Labute approximate surface area is 156 Å². The highest BCUT2D eigenvalue weighted by Gasteiger charge is 2.40. The molecule has 6 heteroatoms. The first kappa shape index (κ1) is 18.2. The molecule has 1 fully saturated rings. The van der Waals surface area contributed by atoms with Crippen molar-refractivity contribution in [2.24, 2.45) is 0 Å². The van der Waals surface area contributed by atoms with Crippen molar-refractivity contribution in [2.75, 3.05) is 13.2 Å². The van der Waals surface area contributed by atoms with E-state index in [2.05, 4.69) is 0 Å². The van der Waals surface area contributed by atoms with Gasteiger partial charge in [-0.25, -0.2) is 0 Å². The molecule has 0 radical (unpaired) electrons. The number of halogens is 2. The summed E-state index contributed by atoms with van der Waals surface area (Å²) in [4.78, 5) is 14.2. The molecule has 2 aromatic carbocycles. The molecule has 0 aromatic heterocycles. The average Bonchev–Trinajstić information content (AvgIpc) is 2.61. The van der Waals surface area contributed by atoms with E-state index < -0.39 is 0 Å². The number of amides is 1. The summed E-state index contributed by atoms with van der Waals surface area (Å²) < 4.78 is 5.89. The molecular weight excluding hydrogens is 361 g/mol. The van der Waals surface area contributed by atoms with Crippen LogP contribution in [0.2, 0.25) is 10.0 Å². The second-order valence-corrected chi connectivity index (χ2v) is 6.99. The van der Waals surface area contributed by atoms with Crippen molar-refractivity contribution >= 4 is 29.1 Å². The molecule has 4 nitrogen and oxygen atoms in total. The Morgan fingerprint density at radius 2 is 1.88 bits per heavy atom. The lowest BCUT2D eigenvalue weighted by Crippen LogP contribution is -2.51. The summed E-state index contributed by atoms with van der Waals surface area (Å²) in [5.41, 5.74) is 1.78. The third-order valence-electron chi connectivity index (χ3n) is 4.39. The van der Waals surface area contributed by atoms with E-state index in [-0.39, 0.29) is 37.3 Å². The highest BCUT2D eigenvalue weighted by atomic mass is 35.5. The normalized spacial score (nSPS) is 22.1. The van der Waals surface area contributed by atoms with E-state index in [1.807, 2.05) is 37.3 Å². The lowest BCUT2D eigenvalue weighted by molar-refractivity contribution is -0.164. The number of benzene rings is 2. The topological polar surface area (TPSA) is 49.8 Å². The van der Waals surface area contributed by atoms with Crippen molar-refractivity contribution in [3.8, 4) is 0 Å². The van der Waals surface area contributed by atoms with Gasteiger partial charge in [0, 0.05) is 10.0 Å². The Morgan fingerprint density at radius 3 is 2.52 bits per heavy atom. The van der Waals surface area contributed by atoms with Gasteiger partial charge in [0.15, 0.2) is 0 Å². The number of aliphatic hydroxyl groups excluding tert-OH is 1. The molecule has 25 heavy (non-hydrogen) atoms. The van der Waals surface area contributed by atoms with E-state index in [1.165, 1.54) is 0 Å². The van der Waals surface area contributed by atoms with Crippen LogP contribution in [-0.2, 0) is 9.53 Å². The SMILES string of the molecule is C[C@H](CO)N1C(=O)COC(c2cccc(Cl)c2)[C@H]1c1ccc(Cl)cc1. The minimum absolute atomic E-state index is 0.0361. The summed E-state index contributed by atoms with van der Waals surface area (Å²) >= 11 is 12.2.